The van der Waals surface area contributed by atoms with Gasteiger partial charge in [0.25, 0.3) is 0 Å². The first-order chi connectivity index (χ1) is 12.2. The van der Waals surface area contributed by atoms with Crippen molar-refractivity contribution < 1.29 is 9.80 Å². The van der Waals surface area contributed by atoms with Gasteiger partial charge in [0.1, 0.15) is 26.2 Å². The third-order valence-electron chi connectivity index (χ3n) is 4.99. The summed E-state index contributed by atoms with van der Waals surface area (Å²) in [6.45, 7) is 15.0. The lowest BCUT2D eigenvalue weighted by atomic mass is 10.0. The maximum atomic E-state index is 4.44. The van der Waals surface area contributed by atoms with Crippen LogP contribution in [0.2, 0.25) is 0 Å². The van der Waals surface area contributed by atoms with Crippen molar-refractivity contribution >= 4 is 11.3 Å². The molecule has 7 heteroatoms. The third-order valence-corrected chi connectivity index (χ3v) is 5.85. The molecular formula is C18H30N6S+2. The van der Waals surface area contributed by atoms with Crippen molar-refractivity contribution in [2.75, 3.05) is 32.7 Å². The SMILES string of the molecule is C=CC[NH+]1CC[NH+]([C@@H](CC(C)C)c2nnnn2Cc2cccs2)CC1. The smallest absolute Gasteiger partial charge is 0.209 e. The molecule has 2 aromatic rings. The van der Waals surface area contributed by atoms with Crippen molar-refractivity contribution in [1.82, 2.24) is 20.2 Å². The van der Waals surface area contributed by atoms with Gasteiger partial charge in [-0.2, -0.15) is 0 Å². The first-order valence-corrected chi connectivity index (χ1v) is 10.1. The van der Waals surface area contributed by atoms with Crippen LogP contribution in [0.25, 0.3) is 0 Å². The van der Waals surface area contributed by atoms with Gasteiger partial charge in [0, 0.05) is 11.3 Å². The molecule has 0 aromatic carbocycles. The number of quaternary nitrogens is 2. The van der Waals surface area contributed by atoms with Crippen LogP contribution in [0.4, 0.5) is 0 Å². The Labute approximate surface area is 154 Å². The Morgan fingerprint density at radius 1 is 1.32 bits per heavy atom. The summed E-state index contributed by atoms with van der Waals surface area (Å²) in [5.74, 6) is 1.67. The molecular weight excluding hydrogens is 332 g/mol. The maximum absolute atomic E-state index is 4.44. The molecule has 0 radical (unpaired) electrons. The molecule has 1 saturated heterocycles. The zero-order chi connectivity index (χ0) is 17.6. The summed E-state index contributed by atoms with van der Waals surface area (Å²) in [6.07, 6.45) is 3.16. The molecule has 2 N–H and O–H groups in total. The minimum atomic E-state index is 0.375. The minimum absolute atomic E-state index is 0.375. The van der Waals surface area contributed by atoms with E-state index in [0.29, 0.717) is 12.0 Å². The third kappa shape index (κ3) is 4.74. The van der Waals surface area contributed by atoms with E-state index in [1.54, 1.807) is 21.1 Å². The number of thiophene rings is 1. The molecule has 0 amide bonds. The second kappa shape index (κ2) is 8.69. The van der Waals surface area contributed by atoms with E-state index in [9.17, 15) is 0 Å². The number of piperazine rings is 1. The average Bonchev–Trinajstić information content (AvgIpc) is 3.26. The monoisotopic (exact) mass is 362 g/mol. The van der Waals surface area contributed by atoms with Gasteiger partial charge in [0.2, 0.25) is 5.82 Å². The van der Waals surface area contributed by atoms with Crippen molar-refractivity contribution in [2.24, 2.45) is 5.92 Å². The Kier molecular flexibility index (Phi) is 6.34. The summed E-state index contributed by atoms with van der Waals surface area (Å²) in [4.78, 5) is 4.57. The van der Waals surface area contributed by atoms with E-state index < -0.39 is 0 Å². The van der Waals surface area contributed by atoms with E-state index in [0.717, 1.165) is 25.3 Å². The van der Waals surface area contributed by atoms with Gasteiger partial charge >= 0.3 is 0 Å². The molecule has 0 spiro atoms. The van der Waals surface area contributed by atoms with Crippen LogP contribution in [0.5, 0.6) is 0 Å². The average molecular weight is 363 g/mol. The minimum Gasteiger partial charge on any atom is -0.322 e. The van der Waals surface area contributed by atoms with Gasteiger partial charge in [-0.15, -0.1) is 16.4 Å². The van der Waals surface area contributed by atoms with Gasteiger partial charge < -0.3 is 9.80 Å². The second-order valence-electron chi connectivity index (χ2n) is 7.36. The molecule has 1 atom stereocenters. The fraction of sp³-hybridized carbons (Fsp3) is 0.611. The molecule has 1 fully saturated rings. The highest BCUT2D eigenvalue weighted by Gasteiger charge is 2.34. The highest BCUT2D eigenvalue weighted by Crippen LogP contribution is 2.18. The van der Waals surface area contributed by atoms with Gasteiger partial charge in [-0.05, 0) is 33.9 Å². The molecule has 2 aromatic heterocycles. The topological polar surface area (TPSA) is 52.5 Å². The lowest BCUT2D eigenvalue weighted by molar-refractivity contribution is -1.03. The summed E-state index contributed by atoms with van der Waals surface area (Å²) in [6, 6.07) is 4.61. The molecule has 0 saturated carbocycles. The van der Waals surface area contributed by atoms with Gasteiger partial charge in [-0.1, -0.05) is 26.5 Å². The number of aromatic nitrogens is 4. The predicted molar refractivity (Wildman–Crippen MR) is 99.9 cm³/mol. The van der Waals surface area contributed by atoms with E-state index in [4.69, 9.17) is 0 Å². The van der Waals surface area contributed by atoms with E-state index in [-0.39, 0.29) is 0 Å². The number of tetrazole rings is 1. The van der Waals surface area contributed by atoms with Crippen molar-refractivity contribution in [3.8, 4) is 0 Å². The maximum Gasteiger partial charge on any atom is 0.209 e. The first-order valence-electron chi connectivity index (χ1n) is 9.24. The molecule has 0 unspecified atom stereocenters. The fourth-order valence-corrected chi connectivity index (χ4v) is 4.42. The van der Waals surface area contributed by atoms with Crippen LogP contribution in [0.1, 0.15) is 37.0 Å². The second-order valence-corrected chi connectivity index (χ2v) is 8.39. The van der Waals surface area contributed by atoms with Crippen LogP contribution < -0.4 is 9.80 Å². The van der Waals surface area contributed by atoms with E-state index in [2.05, 4.69) is 53.5 Å². The Balaban J connectivity index is 1.75. The number of hydrogen-bond acceptors (Lipinski definition) is 4. The normalized spacial score (nSPS) is 22.2. The molecule has 1 aliphatic rings. The Bertz CT molecular complexity index is 642. The van der Waals surface area contributed by atoms with Crippen LogP contribution in [0.15, 0.2) is 30.2 Å². The molecule has 3 heterocycles. The highest BCUT2D eigenvalue weighted by molar-refractivity contribution is 7.09. The van der Waals surface area contributed by atoms with Gasteiger partial charge in [0.05, 0.1) is 13.1 Å². The zero-order valence-electron chi connectivity index (χ0n) is 15.3. The molecule has 25 heavy (non-hydrogen) atoms. The standard InChI is InChI=1S/C18H28N6S/c1-4-7-22-8-10-23(11-9-22)17(13-15(2)3)18-19-20-21-24(18)14-16-6-5-12-25-16/h4-6,12,15,17H,1,7-11,13-14H2,2-3H3/p+2/t17-/m0/s1. The van der Waals surface area contributed by atoms with Crippen LogP contribution in [0.3, 0.4) is 0 Å². The summed E-state index contributed by atoms with van der Waals surface area (Å²) >= 11 is 1.76. The lowest BCUT2D eigenvalue weighted by Gasteiger charge is -2.34. The van der Waals surface area contributed by atoms with Gasteiger partial charge in [-0.25, -0.2) is 4.68 Å². The Morgan fingerprint density at radius 3 is 2.76 bits per heavy atom. The molecule has 0 aliphatic carbocycles. The van der Waals surface area contributed by atoms with Crippen LogP contribution >= 0.6 is 11.3 Å². The van der Waals surface area contributed by atoms with Crippen LogP contribution in [-0.2, 0) is 6.54 Å². The summed E-state index contributed by atoms with van der Waals surface area (Å²) in [5, 5.41) is 14.8. The quantitative estimate of drug-likeness (QED) is 0.642. The number of nitrogens with one attached hydrogen (secondary N) is 2. The van der Waals surface area contributed by atoms with Crippen molar-refractivity contribution in [3.05, 3.63) is 40.9 Å². The van der Waals surface area contributed by atoms with E-state index in [1.165, 1.54) is 31.1 Å². The summed E-state index contributed by atoms with van der Waals surface area (Å²) in [5.41, 5.74) is 0. The van der Waals surface area contributed by atoms with E-state index in [1.807, 2.05) is 10.8 Å². The summed E-state index contributed by atoms with van der Waals surface area (Å²) in [7, 11) is 0. The van der Waals surface area contributed by atoms with Gasteiger partial charge in [0.15, 0.2) is 6.04 Å². The van der Waals surface area contributed by atoms with Crippen molar-refractivity contribution in [2.45, 2.75) is 32.9 Å². The molecule has 6 nitrogen and oxygen atoms in total. The predicted octanol–water partition coefficient (Wildman–Crippen LogP) is -0.160. The Morgan fingerprint density at radius 2 is 2.12 bits per heavy atom. The van der Waals surface area contributed by atoms with Crippen molar-refractivity contribution in [1.29, 1.82) is 0 Å². The Hall–Kier alpha value is -1.57. The largest absolute Gasteiger partial charge is 0.322 e. The zero-order valence-corrected chi connectivity index (χ0v) is 16.1. The first kappa shape index (κ1) is 18.2. The number of nitrogens with zero attached hydrogens (tertiary/aromatic N) is 4. The molecule has 3 rings (SSSR count). The molecule has 0 bridgehead atoms. The highest BCUT2D eigenvalue weighted by atomic mass is 32.1. The fourth-order valence-electron chi connectivity index (χ4n) is 3.73. The van der Waals surface area contributed by atoms with Crippen molar-refractivity contribution in [3.63, 3.8) is 0 Å². The molecule has 136 valence electrons. The van der Waals surface area contributed by atoms with Crippen LogP contribution in [0, 0.1) is 5.92 Å². The van der Waals surface area contributed by atoms with Crippen LogP contribution in [-0.4, -0.2) is 52.9 Å². The number of rotatable bonds is 8. The van der Waals surface area contributed by atoms with Gasteiger partial charge in [-0.3, -0.25) is 0 Å². The molecule has 1 aliphatic heterocycles. The lowest BCUT2D eigenvalue weighted by Crippen LogP contribution is -3.28. The van der Waals surface area contributed by atoms with E-state index >= 15 is 0 Å². The number of hydrogen-bond donors (Lipinski definition) is 2. The summed E-state index contributed by atoms with van der Waals surface area (Å²) < 4.78 is 2.01.